The van der Waals surface area contributed by atoms with Crippen LogP contribution in [0.4, 0.5) is 0 Å². The van der Waals surface area contributed by atoms with Crippen molar-refractivity contribution in [1.82, 2.24) is 0 Å². The summed E-state index contributed by atoms with van der Waals surface area (Å²) in [5.74, 6) is 0. The fraction of sp³-hybridized carbons (Fsp3) is 0.333. The van der Waals surface area contributed by atoms with Gasteiger partial charge in [-0.05, 0) is 59.6 Å². The van der Waals surface area contributed by atoms with E-state index in [0.717, 1.165) is 6.42 Å². The van der Waals surface area contributed by atoms with Crippen molar-refractivity contribution >= 4 is 6.08 Å². The lowest BCUT2D eigenvalue weighted by molar-refractivity contribution is 0.00580. The Bertz CT molecular complexity index is 770. The molecule has 0 radical (unpaired) electrons. The van der Waals surface area contributed by atoms with E-state index in [4.69, 9.17) is 4.74 Å². The molecule has 0 N–H and O–H groups in total. The lowest BCUT2D eigenvalue weighted by Gasteiger charge is -2.39. The monoisotopic (exact) mass is 330 g/mol. The van der Waals surface area contributed by atoms with Crippen molar-refractivity contribution < 1.29 is 4.74 Å². The number of rotatable bonds is 3. The van der Waals surface area contributed by atoms with Gasteiger partial charge in [0.25, 0.3) is 0 Å². The van der Waals surface area contributed by atoms with Crippen molar-refractivity contribution in [2.45, 2.75) is 51.2 Å². The van der Waals surface area contributed by atoms with Crippen molar-refractivity contribution in [2.75, 3.05) is 0 Å². The summed E-state index contributed by atoms with van der Waals surface area (Å²) in [7, 11) is 0. The molecule has 1 aliphatic heterocycles. The first-order valence-electron chi connectivity index (χ1n) is 9.56. The summed E-state index contributed by atoms with van der Waals surface area (Å²) in [6, 6.07) is 21.4. The molecule has 2 aromatic carbocycles. The van der Waals surface area contributed by atoms with E-state index < -0.39 is 0 Å². The highest BCUT2D eigenvalue weighted by atomic mass is 16.5. The van der Waals surface area contributed by atoms with Gasteiger partial charge in [-0.1, -0.05) is 74.0 Å². The maximum atomic E-state index is 6.67. The average molecular weight is 330 g/mol. The van der Waals surface area contributed by atoms with Gasteiger partial charge >= 0.3 is 0 Å². The number of fused-ring (bicyclic) bond motifs is 1. The molecule has 25 heavy (non-hydrogen) atoms. The zero-order valence-electron chi connectivity index (χ0n) is 14.9. The molecule has 0 spiro atoms. The molecular weight excluding hydrogens is 304 g/mol. The third-order valence-electron chi connectivity index (χ3n) is 5.45. The first kappa shape index (κ1) is 16.4. The topological polar surface area (TPSA) is 9.23 Å². The third-order valence-corrected chi connectivity index (χ3v) is 5.45. The van der Waals surface area contributed by atoms with Gasteiger partial charge in [0.05, 0.1) is 6.10 Å². The minimum Gasteiger partial charge on any atom is -0.361 e. The van der Waals surface area contributed by atoms with Gasteiger partial charge in [-0.25, -0.2) is 0 Å². The van der Waals surface area contributed by atoms with Gasteiger partial charge in [0.1, 0.15) is 6.10 Å². The minimum atomic E-state index is 0.0446. The predicted octanol–water partition coefficient (Wildman–Crippen LogP) is 6.49. The molecule has 2 aliphatic rings. The smallest absolute Gasteiger partial charge is 0.109 e. The summed E-state index contributed by atoms with van der Waals surface area (Å²) in [6.07, 6.45) is 8.72. The Kier molecular flexibility index (Phi) is 4.85. The van der Waals surface area contributed by atoms with Crippen LogP contribution in [0.3, 0.4) is 0 Å². The van der Waals surface area contributed by atoms with Gasteiger partial charge in [0.2, 0.25) is 0 Å². The molecule has 0 unspecified atom stereocenters. The highest BCUT2D eigenvalue weighted by Crippen LogP contribution is 2.46. The van der Waals surface area contributed by atoms with Crippen molar-refractivity contribution in [3.63, 3.8) is 0 Å². The molecule has 0 saturated heterocycles. The minimum absolute atomic E-state index is 0.0446. The molecule has 2 atom stereocenters. The average Bonchev–Trinajstić information content (AvgIpc) is 2.69. The van der Waals surface area contributed by atoms with Gasteiger partial charge in [0, 0.05) is 0 Å². The predicted molar refractivity (Wildman–Crippen MR) is 104 cm³/mol. The molecular formula is C24H26O. The van der Waals surface area contributed by atoms with Crippen LogP contribution < -0.4 is 0 Å². The van der Waals surface area contributed by atoms with Crippen LogP contribution in [0.5, 0.6) is 0 Å². The van der Waals surface area contributed by atoms with Crippen LogP contribution in [0.25, 0.3) is 6.08 Å². The number of benzene rings is 2. The standard InChI is InChI=1S/C24H26O/c1-2-20-21-15-9-10-16-23(21)25-24(19-13-7-4-8-14-19)22(20)17-18-11-5-3-6-12-18/h3-8,11-14,17,23-24H,2,9-10,15-16H2,1H3/b22-17+/t23-,24-/m1/s1. The molecule has 0 bridgehead atoms. The summed E-state index contributed by atoms with van der Waals surface area (Å²) < 4.78 is 6.67. The van der Waals surface area contributed by atoms with Crippen LogP contribution in [-0.4, -0.2) is 6.10 Å². The Labute approximate surface area is 151 Å². The number of hydrogen-bond donors (Lipinski definition) is 0. The zero-order chi connectivity index (χ0) is 17.1. The zero-order valence-corrected chi connectivity index (χ0v) is 14.9. The first-order chi connectivity index (χ1) is 12.4. The molecule has 128 valence electrons. The van der Waals surface area contributed by atoms with Crippen LogP contribution in [0.2, 0.25) is 0 Å². The Morgan fingerprint density at radius 1 is 0.960 bits per heavy atom. The highest BCUT2D eigenvalue weighted by Gasteiger charge is 2.34. The van der Waals surface area contributed by atoms with Crippen molar-refractivity contribution in [2.24, 2.45) is 0 Å². The maximum Gasteiger partial charge on any atom is 0.109 e. The summed E-state index contributed by atoms with van der Waals surface area (Å²) >= 11 is 0. The van der Waals surface area contributed by atoms with Crippen molar-refractivity contribution in [1.29, 1.82) is 0 Å². The Hall–Kier alpha value is -2.12. The van der Waals surface area contributed by atoms with E-state index in [9.17, 15) is 0 Å². The summed E-state index contributed by atoms with van der Waals surface area (Å²) in [6.45, 7) is 2.29. The molecule has 0 amide bonds. The number of hydrogen-bond acceptors (Lipinski definition) is 1. The molecule has 1 fully saturated rings. The lowest BCUT2D eigenvalue weighted by atomic mass is 9.79. The fourth-order valence-electron chi connectivity index (χ4n) is 4.27. The molecule has 2 aromatic rings. The molecule has 1 aliphatic carbocycles. The van der Waals surface area contributed by atoms with E-state index in [0.29, 0.717) is 6.10 Å². The fourth-order valence-corrected chi connectivity index (χ4v) is 4.27. The second-order valence-corrected chi connectivity index (χ2v) is 7.03. The van der Waals surface area contributed by atoms with Crippen LogP contribution in [0.15, 0.2) is 77.4 Å². The largest absolute Gasteiger partial charge is 0.361 e. The summed E-state index contributed by atoms with van der Waals surface area (Å²) in [5, 5.41) is 0. The van der Waals surface area contributed by atoms with E-state index in [1.165, 1.54) is 48.0 Å². The first-order valence-corrected chi connectivity index (χ1v) is 9.56. The van der Waals surface area contributed by atoms with Crippen molar-refractivity contribution in [3.05, 3.63) is 88.5 Å². The molecule has 4 rings (SSSR count). The Morgan fingerprint density at radius 2 is 1.68 bits per heavy atom. The number of ether oxygens (including phenoxy) is 1. The maximum absolute atomic E-state index is 6.67. The van der Waals surface area contributed by atoms with E-state index in [2.05, 4.69) is 73.7 Å². The van der Waals surface area contributed by atoms with E-state index in [-0.39, 0.29) is 6.10 Å². The molecule has 1 saturated carbocycles. The van der Waals surface area contributed by atoms with E-state index in [1.54, 1.807) is 5.57 Å². The van der Waals surface area contributed by atoms with Gasteiger partial charge in [0.15, 0.2) is 0 Å². The second kappa shape index (κ2) is 7.41. The molecule has 0 aromatic heterocycles. The van der Waals surface area contributed by atoms with Crippen molar-refractivity contribution in [3.8, 4) is 0 Å². The third kappa shape index (κ3) is 3.34. The quantitative estimate of drug-likeness (QED) is 0.625. The summed E-state index contributed by atoms with van der Waals surface area (Å²) in [4.78, 5) is 0. The van der Waals surface area contributed by atoms with Gasteiger partial charge < -0.3 is 4.74 Å². The highest BCUT2D eigenvalue weighted by molar-refractivity contribution is 5.63. The molecule has 1 heterocycles. The van der Waals surface area contributed by atoms with Crippen LogP contribution in [0, 0.1) is 0 Å². The molecule has 1 nitrogen and oxygen atoms in total. The van der Waals surface area contributed by atoms with E-state index in [1.807, 2.05) is 0 Å². The van der Waals surface area contributed by atoms with Gasteiger partial charge in [-0.2, -0.15) is 0 Å². The second-order valence-electron chi connectivity index (χ2n) is 7.03. The van der Waals surface area contributed by atoms with Gasteiger partial charge in [-0.3, -0.25) is 0 Å². The lowest BCUT2D eigenvalue weighted by Crippen LogP contribution is -2.30. The SMILES string of the molecule is CCC1=C2CCCC[C@H]2O[C@H](c2ccccc2)/C1=C/c1ccccc1. The van der Waals surface area contributed by atoms with Crippen LogP contribution in [0.1, 0.15) is 56.3 Å². The van der Waals surface area contributed by atoms with Crippen LogP contribution >= 0.6 is 0 Å². The Balaban J connectivity index is 1.85. The normalized spacial score (nSPS) is 25.1. The Morgan fingerprint density at radius 3 is 2.40 bits per heavy atom. The van der Waals surface area contributed by atoms with Crippen LogP contribution in [-0.2, 0) is 4.74 Å². The van der Waals surface area contributed by atoms with Gasteiger partial charge in [-0.15, -0.1) is 0 Å². The molecule has 1 heteroatoms. The summed E-state index contributed by atoms with van der Waals surface area (Å²) in [5.41, 5.74) is 6.97. The van der Waals surface area contributed by atoms with E-state index >= 15 is 0 Å².